The molecule has 0 aromatic heterocycles. The molecular weight excluding hydrogens is 264 g/mol. The van der Waals surface area contributed by atoms with Crippen LogP contribution in [0, 0.1) is 11.8 Å². The number of rotatable bonds is 9. The molecule has 2 fully saturated rings. The first kappa shape index (κ1) is 16.8. The summed E-state index contributed by atoms with van der Waals surface area (Å²) >= 11 is 0. The molecule has 2 rings (SSSR count). The first-order valence-electron chi connectivity index (χ1n) is 8.78. The number of likely N-dealkylation sites (tertiary alicyclic amines) is 1. The van der Waals surface area contributed by atoms with E-state index >= 15 is 0 Å². The quantitative estimate of drug-likeness (QED) is 0.524. The topological polar surface area (TPSA) is 41.6 Å². The van der Waals surface area contributed by atoms with Crippen LogP contribution in [0.1, 0.15) is 51.4 Å². The van der Waals surface area contributed by atoms with Crippen LogP contribution in [0.15, 0.2) is 0 Å². The van der Waals surface area contributed by atoms with E-state index in [0.29, 0.717) is 0 Å². The summed E-state index contributed by atoms with van der Waals surface area (Å²) in [4.78, 5) is 12.7. The summed E-state index contributed by atoms with van der Waals surface area (Å²) in [6.07, 6.45) is 12.1. The Bertz CT molecular complexity index is 272. The summed E-state index contributed by atoms with van der Waals surface area (Å²) in [5.74, 6) is 1.78. The highest BCUT2D eigenvalue weighted by Gasteiger charge is 2.19. The minimum atomic E-state index is 0.787. The highest BCUT2D eigenvalue weighted by molar-refractivity contribution is 5.46. The van der Waals surface area contributed by atoms with Crippen molar-refractivity contribution in [2.24, 2.45) is 11.8 Å². The zero-order chi connectivity index (χ0) is 14.8. The summed E-state index contributed by atoms with van der Waals surface area (Å²) in [6, 6.07) is 0. The number of hydrogen-bond acceptors (Lipinski definition) is 3. The Morgan fingerprint density at radius 2 is 1.67 bits per heavy atom. The Kier molecular flexibility index (Phi) is 8.12. The maximum absolute atomic E-state index is 10.1. The Morgan fingerprint density at radius 1 is 1.00 bits per heavy atom. The van der Waals surface area contributed by atoms with Crippen LogP contribution in [0.2, 0.25) is 0 Å². The van der Waals surface area contributed by atoms with E-state index in [1.165, 1.54) is 64.6 Å². The second kappa shape index (κ2) is 10.2. The lowest BCUT2D eigenvalue weighted by atomic mass is 9.91. The molecule has 1 radical (unpaired) electrons. The molecule has 0 bridgehead atoms. The average molecular weight is 295 g/mol. The van der Waals surface area contributed by atoms with Gasteiger partial charge in [-0.2, -0.15) is 0 Å². The molecule has 0 unspecified atom stereocenters. The van der Waals surface area contributed by atoms with Crippen LogP contribution in [-0.4, -0.2) is 50.7 Å². The van der Waals surface area contributed by atoms with Crippen LogP contribution in [0.5, 0.6) is 0 Å². The van der Waals surface area contributed by atoms with E-state index in [9.17, 15) is 4.79 Å². The van der Waals surface area contributed by atoms with Gasteiger partial charge in [-0.15, -0.1) is 0 Å². The largest absolute Gasteiger partial charge is 0.381 e. The lowest BCUT2D eigenvalue weighted by Gasteiger charge is -2.32. The minimum Gasteiger partial charge on any atom is -0.381 e. The molecule has 4 heteroatoms. The van der Waals surface area contributed by atoms with E-state index in [2.05, 4.69) is 10.2 Å². The molecule has 0 saturated carbocycles. The Labute approximate surface area is 129 Å². The third-order valence-electron chi connectivity index (χ3n) is 5.12. The molecule has 0 spiro atoms. The molecule has 1 amide bonds. The minimum absolute atomic E-state index is 0.787. The highest BCUT2D eigenvalue weighted by atomic mass is 16.5. The van der Waals surface area contributed by atoms with Crippen LogP contribution in [0.4, 0.5) is 0 Å². The molecule has 0 aliphatic carbocycles. The maximum Gasteiger partial charge on any atom is 0.309 e. The van der Waals surface area contributed by atoms with Crippen molar-refractivity contribution in [2.75, 3.05) is 39.4 Å². The average Bonchev–Trinajstić information content (AvgIpc) is 2.54. The number of ether oxygens (including phenoxy) is 1. The van der Waals surface area contributed by atoms with E-state index in [1.54, 1.807) is 6.41 Å². The van der Waals surface area contributed by atoms with E-state index < -0.39 is 0 Å². The monoisotopic (exact) mass is 295 g/mol. The predicted molar refractivity (Wildman–Crippen MR) is 84.9 cm³/mol. The maximum atomic E-state index is 10.1. The van der Waals surface area contributed by atoms with Crippen molar-refractivity contribution in [3.63, 3.8) is 0 Å². The molecule has 0 aromatic rings. The molecule has 1 N–H and O–H groups in total. The second-order valence-corrected chi connectivity index (χ2v) is 6.65. The van der Waals surface area contributed by atoms with Gasteiger partial charge in [0.15, 0.2) is 0 Å². The number of nitrogens with one attached hydrogen (secondary N) is 1. The van der Waals surface area contributed by atoms with Crippen molar-refractivity contribution < 1.29 is 9.53 Å². The van der Waals surface area contributed by atoms with Gasteiger partial charge in [-0.1, -0.05) is 0 Å². The van der Waals surface area contributed by atoms with Crippen LogP contribution >= 0.6 is 0 Å². The lowest BCUT2D eigenvalue weighted by Crippen LogP contribution is -2.34. The van der Waals surface area contributed by atoms with Crippen LogP contribution in [-0.2, 0) is 9.53 Å². The predicted octanol–water partition coefficient (Wildman–Crippen LogP) is 2.34. The SMILES string of the molecule is O=[C]NCCCC1CCN(CCCC2CCOCC2)CC1. The third-order valence-corrected chi connectivity index (χ3v) is 5.12. The van der Waals surface area contributed by atoms with Crippen LogP contribution in [0.25, 0.3) is 0 Å². The Morgan fingerprint density at radius 3 is 2.38 bits per heavy atom. The van der Waals surface area contributed by atoms with Gasteiger partial charge in [0.05, 0.1) is 0 Å². The normalized spacial score (nSPS) is 22.3. The Balaban J connectivity index is 1.47. The smallest absolute Gasteiger partial charge is 0.309 e. The van der Waals surface area contributed by atoms with E-state index in [0.717, 1.165) is 38.0 Å². The Hall–Kier alpha value is -0.610. The van der Waals surface area contributed by atoms with Crippen LogP contribution < -0.4 is 5.32 Å². The van der Waals surface area contributed by atoms with Crippen molar-refractivity contribution in [3.8, 4) is 0 Å². The number of nitrogens with zero attached hydrogens (tertiary/aromatic N) is 1. The summed E-state index contributed by atoms with van der Waals surface area (Å²) in [6.45, 7) is 6.57. The van der Waals surface area contributed by atoms with Gasteiger partial charge >= 0.3 is 6.41 Å². The van der Waals surface area contributed by atoms with Crippen molar-refractivity contribution in [3.05, 3.63) is 0 Å². The van der Waals surface area contributed by atoms with Gasteiger partial charge in [0.25, 0.3) is 0 Å². The number of amides is 1. The molecular formula is C17H31N2O2. The lowest BCUT2D eigenvalue weighted by molar-refractivity contribution is 0.0616. The summed E-state index contributed by atoms with van der Waals surface area (Å²) in [5.41, 5.74) is 0. The highest BCUT2D eigenvalue weighted by Crippen LogP contribution is 2.23. The van der Waals surface area contributed by atoms with Gasteiger partial charge in [-0.25, -0.2) is 0 Å². The van der Waals surface area contributed by atoms with Crippen molar-refractivity contribution in [1.29, 1.82) is 0 Å². The van der Waals surface area contributed by atoms with Crippen molar-refractivity contribution in [1.82, 2.24) is 10.2 Å². The van der Waals surface area contributed by atoms with Crippen LogP contribution in [0.3, 0.4) is 0 Å². The van der Waals surface area contributed by atoms with Gasteiger partial charge in [-0.3, -0.25) is 4.79 Å². The van der Waals surface area contributed by atoms with E-state index in [1.807, 2.05) is 0 Å². The molecule has 2 heterocycles. The van der Waals surface area contributed by atoms with Gasteiger partial charge in [-0.05, 0) is 82.8 Å². The molecule has 21 heavy (non-hydrogen) atoms. The zero-order valence-electron chi connectivity index (χ0n) is 13.3. The van der Waals surface area contributed by atoms with Gasteiger partial charge < -0.3 is 15.0 Å². The first-order valence-corrected chi connectivity index (χ1v) is 8.78. The van der Waals surface area contributed by atoms with E-state index in [-0.39, 0.29) is 0 Å². The number of piperidine rings is 1. The third kappa shape index (κ3) is 6.79. The first-order chi connectivity index (χ1) is 10.4. The van der Waals surface area contributed by atoms with Gasteiger partial charge in [0.1, 0.15) is 0 Å². The fourth-order valence-electron chi connectivity index (χ4n) is 3.67. The summed E-state index contributed by atoms with van der Waals surface area (Å²) < 4.78 is 5.42. The molecule has 0 atom stereocenters. The second-order valence-electron chi connectivity index (χ2n) is 6.65. The molecule has 121 valence electrons. The zero-order valence-corrected chi connectivity index (χ0v) is 13.3. The number of carbonyl (C=O) groups excluding carboxylic acids is 1. The fraction of sp³-hybridized carbons (Fsp3) is 0.941. The fourth-order valence-corrected chi connectivity index (χ4v) is 3.67. The molecule has 2 aliphatic heterocycles. The molecule has 4 nitrogen and oxygen atoms in total. The van der Waals surface area contributed by atoms with E-state index in [4.69, 9.17) is 4.74 Å². The molecule has 2 saturated heterocycles. The summed E-state index contributed by atoms with van der Waals surface area (Å²) in [5, 5.41) is 2.63. The van der Waals surface area contributed by atoms with Crippen molar-refractivity contribution >= 4 is 6.41 Å². The van der Waals surface area contributed by atoms with Gasteiger partial charge in [0, 0.05) is 19.8 Å². The number of hydrogen-bond donors (Lipinski definition) is 1. The summed E-state index contributed by atoms with van der Waals surface area (Å²) in [7, 11) is 0. The molecule has 0 aromatic carbocycles. The standard InChI is InChI=1S/C17H31N2O2/c20-15-18-9-1-3-16-5-11-19(12-6-16)10-2-4-17-7-13-21-14-8-17/h16-17H,1-14H2,(H,18,20). The molecule has 2 aliphatic rings. The van der Waals surface area contributed by atoms with Crippen molar-refractivity contribution in [2.45, 2.75) is 51.4 Å². The van der Waals surface area contributed by atoms with Gasteiger partial charge in [0.2, 0.25) is 0 Å².